The number of carbonyl (C=O) groups is 1. The summed E-state index contributed by atoms with van der Waals surface area (Å²) >= 11 is 0. The minimum Gasteiger partial charge on any atom is -0.465 e. The van der Waals surface area contributed by atoms with Crippen molar-refractivity contribution >= 4 is 45.6 Å². The summed E-state index contributed by atoms with van der Waals surface area (Å²) in [4.78, 5) is 24.9. The average molecular weight is 386 g/mol. The van der Waals surface area contributed by atoms with Gasteiger partial charge in [-0.3, -0.25) is 4.98 Å². The molecule has 8 heteroatoms. The van der Waals surface area contributed by atoms with Crippen molar-refractivity contribution in [2.75, 3.05) is 23.5 Å². The van der Waals surface area contributed by atoms with Gasteiger partial charge < -0.3 is 21.1 Å². The lowest BCUT2D eigenvalue weighted by atomic mass is 10.1. The minimum atomic E-state index is -0.457. The Morgan fingerprint density at radius 2 is 1.59 bits per heavy atom. The molecule has 0 saturated heterocycles. The monoisotopic (exact) mass is 386 g/mol. The van der Waals surface area contributed by atoms with Crippen LogP contribution < -0.4 is 16.4 Å². The van der Waals surface area contributed by atoms with Crippen molar-refractivity contribution in [3.8, 4) is 0 Å². The number of rotatable bonds is 5. The molecule has 4 N–H and O–H groups in total. The Hall–Kier alpha value is -4.20. The molecule has 0 unspecified atom stereocenters. The first-order valence-electron chi connectivity index (χ1n) is 8.83. The smallest absolute Gasteiger partial charge is 0.339 e. The predicted molar refractivity (Wildman–Crippen MR) is 113 cm³/mol. The fourth-order valence-corrected chi connectivity index (χ4v) is 2.94. The Kier molecular flexibility index (Phi) is 4.90. The van der Waals surface area contributed by atoms with Crippen LogP contribution in [0.1, 0.15) is 10.4 Å². The number of methoxy groups -OCH3 is 1. The van der Waals surface area contributed by atoms with Crippen molar-refractivity contribution < 1.29 is 9.53 Å². The quantitative estimate of drug-likeness (QED) is 0.443. The van der Waals surface area contributed by atoms with Crippen LogP contribution in [0.5, 0.6) is 0 Å². The Morgan fingerprint density at radius 3 is 2.38 bits per heavy atom. The summed E-state index contributed by atoms with van der Waals surface area (Å²) < 4.78 is 4.83. The number of hydrogen-bond donors (Lipinski definition) is 3. The first-order chi connectivity index (χ1) is 14.2. The maximum atomic E-state index is 12.0. The van der Waals surface area contributed by atoms with Gasteiger partial charge in [-0.05, 0) is 24.3 Å². The Balaban J connectivity index is 1.68. The highest BCUT2D eigenvalue weighted by Crippen LogP contribution is 2.31. The number of hydrogen-bond acceptors (Lipinski definition) is 8. The third-order valence-corrected chi connectivity index (χ3v) is 4.36. The number of benzene rings is 2. The van der Waals surface area contributed by atoms with Crippen molar-refractivity contribution in [2.45, 2.75) is 0 Å². The molecule has 0 radical (unpaired) electrons. The van der Waals surface area contributed by atoms with Crippen molar-refractivity contribution in [2.24, 2.45) is 0 Å². The van der Waals surface area contributed by atoms with Crippen LogP contribution in [0.15, 0.2) is 67.1 Å². The molecule has 2 aromatic heterocycles. The number of nitrogens with one attached hydrogen (secondary N) is 2. The maximum absolute atomic E-state index is 12.0. The standard InChI is InChI=1S/C21H18N6O2/c1-29-21(28)14-8-2-3-9-15(14)26-19-17(22)20(25-12-24-19)27-16-10-4-6-13-7-5-11-23-18(13)16/h2-12H,22H2,1H3,(H2,24,25,26,27). The van der Waals surface area contributed by atoms with Gasteiger partial charge >= 0.3 is 5.97 Å². The second-order valence-electron chi connectivity index (χ2n) is 6.15. The molecule has 0 spiro atoms. The lowest BCUT2D eigenvalue weighted by molar-refractivity contribution is 0.0602. The number of fused-ring (bicyclic) bond motifs is 1. The van der Waals surface area contributed by atoms with E-state index in [1.807, 2.05) is 30.3 Å². The number of nitrogen functional groups attached to an aromatic ring is 1. The number of pyridine rings is 1. The van der Waals surface area contributed by atoms with Crippen LogP contribution in [-0.2, 0) is 4.74 Å². The molecular formula is C21H18N6O2. The molecule has 144 valence electrons. The Morgan fingerprint density at radius 1 is 0.897 bits per heavy atom. The van der Waals surface area contributed by atoms with Crippen LogP contribution in [-0.4, -0.2) is 28.0 Å². The summed E-state index contributed by atoms with van der Waals surface area (Å²) in [6, 6.07) is 16.6. The Bertz CT molecular complexity index is 1190. The van der Waals surface area contributed by atoms with Gasteiger partial charge in [0.1, 0.15) is 12.0 Å². The van der Waals surface area contributed by atoms with E-state index >= 15 is 0 Å². The summed E-state index contributed by atoms with van der Waals surface area (Å²) in [6.45, 7) is 0. The van der Waals surface area contributed by atoms with E-state index in [9.17, 15) is 4.79 Å². The van der Waals surface area contributed by atoms with Crippen LogP contribution in [0.4, 0.5) is 28.7 Å². The lowest BCUT2D eigenvalue weighted by Gasteiger charge is -2.14. The molecule has 0 aliphatic heterocycles. The number of para-hydroxylation sites is 2. The summed E-state index contributed by atoms with van der Waals surface area (Å²) in [5.41, 5.74) is 9.08. The van der Waals surface area contributed by atoms with Crippen LogP contribution in [0, 0.1) is 0 Å². The van der Waals surface area contributed by atoms with Gasteiger partial charge in [0.15, 0.2) is 11.6 Å². The first kappa shape index (κ1) is 18.2. The number of ether oxygens (including phenoxy) is 1. The van der Waals surface area contributed by atoms with Gasteiger partial charge in [0.25, 0.3) is 0 Å². The van der Waals surface area contributed by atoms with E-state index in [0.717, 1.165) is 16.6 Å². The number of esters is 1. The summed E-state index contributed by atoms with van der Waals surface area (Å²) in [5.74, 6) is 0.337. The van der Waals surface area contributed by atoms with Crippen molar-refractivity contribution in [1.29, 1.82) is 0 Å². The second-order valence-corrected chi connectivity index (χ2v) is 6.15. The number of aromatic nitrogens is 3. The number of anilines is 5. The molecular weight excluding hydrogens is 368 g/mol. The number of carbonyl (C=O) groups excluding carboxylic acids is 1. The molecule has 0 bridgehead atoms. The summed E-state index contributed by atoms with van der Waals surface area (Å²) in [7, 11) is 1.33. The fourth-order valence-electron chi connectivity index (χ4n) is 2.94. The van der Waals surface area contributed by atoms with Crippen LogP contribution in [0.25, 0.3) is 10.9 Å². The molecule has 4 aromatic rings. The zero-order valence-electron chi connectivity index (χ0n) is 15.6. The third-order valence-electron chi connectivity index (χ3n) is 4.36. The van der Waals surface area contributed by atoms with E-state index in [1.54, 1.807) is 30.5 Å². The highest BCUT2D eigenvalue weighted by Gasteiger charge is 2.15. The third kappa shape index (κ3) is 3.63. The summed E-state index contributed by atoms with van der Waals surface area (Å²) in [5, 5.41) is 7.30. The van der Waals surface area contributed by atoms with Crippen molar-refractivity contribution in [3.05, 3.63) is 72.7 Å². The number of nitrogens with zero attached hydrogens (tertiary/aromatic N) is 3. The minimum absolute atomic E-state index is 0.306. The number of nitrogens with two attached hydrogens (primary N) is 1. The van der Waals surface area contributed by atoms with Crippen molar-refractivity contribution in [1.82, 2.24) is 15.0 Å². The molecule has 0 fully saturated rings. The van der Waals surface area contributed by atoms with Gasteiger partial charge in [-0.15, -0.1) is 0 Å². The van der Waals surface area contributed by atoms with Crippen LogP contribution in [0.3, 0.4) is 0 Å². The molecule has 8 nitrogen and oxygen atoms in total. The van der Waals surface area contributed by atoms with E-state index in [1.165, 1.54) is 13.4 Å². The summed E-state index contributed by atoms with van der Waals surface area (Å²) in [6.07, 6.45) is 3.12. The van der Waals surface area contributed by atoms with Crippen LogP contribution >= 0.6 is 0 Å². The van der Waals surface area contributed by atoms with E-state index in [2.05, 4.69) is 25.6 Å². The van der Waals surface area contributed by atoms with Gasteiger partial charge in [-0.1, -0.05) is 30.3 Å². The average Bonchev–Trinajstić information content (AvgIpc) is 2.76. The highest BCUT2D eigenvalue weighted by molar-refractivity contribution is 5.97. The topological polar surface area (TPSA) is 115 Å². The molecule has 0 aliphatic carbocycles. The van der Waals surface area contributed by atoms with Crippen LogP contribution in [0.2, 0.25) is 0 Å². The SMILES string of the molecule is COC(=O)c1ccccc1Nc1ncnc(Nc2cccc3cccnc23)c1N. The molecule has 0 amide bonds. The molecule has 0 atom stereocenters. The zero-order valence-corrected chi connectivity index (χ0v) is 15.6. The molecule has 0 saturated carbocycles. The van der Waals surface area contributed by atoms with Gasteiger partial charge in [-0.25, -0.2) is 14.8 Å². The van der Waals surface area contributed by atoms with Crippen molar-refractivity contribution in [3.63, 3.8) is 0 Å². The lowest BCUT2D eigenvalue weighted by Crippen LogP contribution is -2.09. The molecule has 4 rings (SSSR count). The van der Waals surface area contributed by atoms with E-state index in [-0.39, 0.29) is 0 Å². The zero-order chi connectivity index (χ0) is 20.2. The normalized spacial score (nSPS) is 10.5. The van der Waals surface area contributed by atoms with Gasteiger partial charge in [0.2, 0.25) is 0 Å². The molecule has 2 heterocycles. The van der Waals surface area contributed by atoms with Gasteiger partial charge in [-0.2, -0.15) is 0 Å². The van der Waals surface area contributed by atoms with Gasteiger partial charge in [0.05, 0.1) is 29.6 Å². The van der Waals surface area contributed by atoms with E-state index < -0.39 is 5.97 Å². The predicted octanol–water partition coefficient (Wildman–Crippen LogP) is 3.88. The molecule has 0 aliphatic rings. The van der Waals surface area contributed by atoms with E-state index in [4.69, 9.17) is 10.5 Å². The first-order valence-corrected chi connectivity index (χ1v) is 8.83. The largest absolute Gasteiger partial charge is 0.465 e. The second kappa shape index (κ2) is 7.81. The Labute approximate surface area is 166 Å². The molecule has 29 heavy (non-hydrogen) atoms. The highest BCUT2D eigenvalue weighted by atomic mass is 16.5. The van der Waals surface area contributed by atoms with Gasteiger partial charge in [0, 0.05) is 11.6 Å². The fraction of sp³-hybridized carbons (Fsp3) is 0.0476. The van der Waals surface area contributed by atoms with E-state index in [0.29, 0.717) is 28.6 Å². The maximum Gasteiger partial charge on any atom is 0.339 e. The molecule has 2 aromatic carbocycles.